The second kappa shape index (κ2) is 7.94. The van der Waals surface area contributed by atoms with Crippen molar-refractivity contribution in [2.24, 2.45) is 5.92 Å². The van der Waals surface area contributed by atoms with Crippen LogP contribution in [0.3, 0.4) is 0 Å². The maximum absolute atomic E-state index is 13.4. The van der Waals surface area contributed by atoms with Crippen molar-refractivity contribution in [1.82, 2.24) is 9.96 Å². The Bertz CT molecular complexity index is 690. The van der Waals surface area contributed by atoms with E-state index in [9.17, 15) is 14.0 Å². The molecule has 0 aliphatic carbocycles. The van der Waals surface area contributed by atoms with Crippen molar-refractivity contribution < 1.29 is 23.6 Å². The normalized spacial score (nSPS) is 29.0. The molecule has 6 nitrogen and oxygen atoms in total. The molecule has 3 rings (SSSR count). The largest absolute Gasteiger partial charge is 0.468 e. The Morgan fingerprint density at radius 3 is 2.56 bits per heavy atom. The summed E-state index contributed by atoms with van der Waals surface area (Å²) >= 11 is 0. The summed E-state index contributed by atoms with van der Waals surface area (Å²) in [5, 5.41) is 1.43. The number of ether oxygens (including phenoxy) is 1. The lowest BCUT2D eigenvalue weighted by atomic mass is 9.87. The molecule has 0 unspecified atom stereocenters. The highest BCUT2D eigenvalue weighted by atomic mass is 19.1. The van der Waals surface area contributed by atoms with Crippen LogP contribution in [0, 0.1) is 11.7 Å². The third-order valence-electron chi connectivity index (χ3n) is 5.96. The average Bonchev–Trinajstić information content (AvgIpc) is 3.01. The highest BCUT2D eigenvalue weighted by Gasteiger charge is 2.57. The van der Waals surface area contributed by atoms with Crippen molar-refractivity contribution in [3.8, 4) is 0 Å². The Balaban J connectivity index is 2.00. The van der Waals surface area contributed by atoms with Gasteiger partial charge in [-0.2, -0.15) is 0 Å². The Hall–Kier alpha value is -1.99. The molecular formula is C20H27FN2O4. The van der Waals surface area contributed by atoms with Crippen LogP contribution >= 0.6 is 0 Å². The van der Waals surface area contributed by atoms with Crippen molar-refractivity contribution in [2.75, 3.05) is 27.3 Å². The zero-order valence-corrected chi connectivity index (χ0v) is 16.1. The van der Waals surface area contributed by atoms with Gasteiger partial charge in [-0.3, -0.25) is 19.3 Å². The van der Waals surface area contributed by atoms with Crippen molar-refractivity contribution in [1.29, 1.82) is 0 Å². The molecule has 0 bridgehead atoms. The molecule has 0 radical (unpaired) electrons. The second-order valence-corrected chi connectivity index (χ2v) is 7.28. The van der Waals surface area contributed by atoms with E-state index in [0.29, 0.717) is 26.0 Å². The number of nitrogens with zero attached hydrogens (tertiary/aromatic N) is 2. The Labute approximate surface area is 159 Å². The molecular weight excluding hydrogens is 351 g/mol. The predicted octanol–water partition coefficient (Wildman–Crippen LogP) is 2.69. The van der Waals surface area contributed by atoms with Crippen molar-refractivity contribution >= 4 is 11.9 Å². The first-order valence-corrected chi connectivity index (χ1v) is 9.45. The third kappa shape index (κ3) is 3.46. The lowest BCUT2D eigenvalue weighted by Gasteiger charge is -2.35. The van der Waals surface area contributed by atoms with E-state index in [2.05, 4.69) is 0 Å². The number of methoxy groups -OCH3 is 1. The fourth-order valence-electron chi connectivity index (χ4n) is 4.40. The van der Waals surface area contributed by atoms with Crippen molar-refractivity contribution in [3.05, 3.63) is 35.6 Å². The number of esters is 1. The maximum atomic E-state index is 13.4. The van der Waals surface area contributed by atoms with Crippen LogP contribution in [0.5, 0.6) is 0 Å². The fourth-order valence-corrected chi connectivity index (χ4v) is 4.40. The topological polar surface area (TPSA) is 59.1 Å². The number of rotatable bonds is 4. The molecule has 1 aromatic rings. The molecule has 0 saturated carbocycles. The first-order valence-electron chi connectivity index (χ1n) is 9.45. The van der Waals surface area contributed by atoms with Gasteiger partial charge in [0, 0.05) is 12.6 Å². The number of hydrogen-bond donors (Lipinski definition) is 0. The van der Waals surface area contributed by atoms with Gasteiger partial charge in [-0.25, -0.2) is 9.45 Å². The standard InChI is InChI=1S/C20H27FN2O4/c1-4-20(19(25)26-3)13-16(18(24)23-11-5-6-12-27-23)17(22(20)2)14-7-9-15(21)10-8-14/h7-10,16-17H,4-6,11-13H2,1-3H3/t16-,17-,20-/m0/s1. The number of benzene rings is 1. The van der Waals surface area contributed by atoms with Gasteiger partial charge in [0.2, 0.25) is 0 Å². The quantitative estimate of drug-likeness (QED) is 0.754. The van der Waals surface area contributed by atoms with Gasteiger partial charge in [-0.15, -0.1) is 0 Å². The number of halogens is 1. The van der Waals surface area contributed by atoms with E-state index in [1.807, 2.05) is 18.9 Å². The van der Waals surface area contributed by atoms with Gasteiger partial charge in [0.05, 0.1) is 19.6 Å². The molecule has 1 aromatic carbocycles. The third-order valence-corrected chi connectivity index (χ3v) is 5.96. The van der Waals surface area contributed by atoms with Crippen LogP contribution in [0.4, 0.5) is 4.39 Å². The summed E-state index contributed by atoms with van der Waals surface area (Å²) in [5.41, 5.74) is -0.0994. The van der Waals surface area contributed by atoms with Crippen LogP contribution in [-0.2, 0) is 19.2 Å². The second-order valence-electron chi connectivity index (χ2n) is 7.28. The van der Waals surface area contributed by atoms with Crippen molar-refractivity contribution in [2.45, 2.75) is 44.2 Å². The number of hydrogen-bond acceptors (Lipinski definition) is 5. The maximum Gasteiger partial charge on any atom is 0.326 e. The van der Waals surface area contributed by atoms with E-state index >= 15 is 0 Å². The highest BCUT2D eigenvalue weighted by Crippen LogP contribution is 2.48. The molecule has 27 heavy (non-hydrogen) atoms. The smallest absolute Gasteiger partial charge is 0.326 e. The predicted molar refractivity (Wildman–Crippen MR) is 96.9 cm³/mol. The summed E-state index contributed by atoms with van der Waals surface area (Å²) in [6, 6.07) is 5.76. The molecule has 7 heteroatoms. The van der Waals surface area contributed by atoms with Gasteiger partial charge in [0.15, 0.2) is 0 Å². The molecule has 3 atom stereocenters. The number of likely N-dealkylation sites (tertiary alicyclic amines) is 1. The van der Waals surface area contributed by atoms with E-state index in [1.54, 1.807) is 12.1 Å². The summed E-state index contributed by atoms with van der Waals surface area (Å²) in [4.78, 5) is 33.4. The number of likely N-dealkylation sites (N-methyl/N-ethyl adjacent to an activating group) is 1. The Morgan fingerprint density at radius 1 is 1.30 bits per heavy atom. The van der Waals surface area contributed by atoms with Crippen LogP contribution < -0.4 is 0 Å². The van der Waals surface area contributed by atoms with Gasteiger partial charge in [0.25, 0.3) is 5.91 Å². The summed E-state index contributed by atoms with van der Waals surface area (Å²) < 4.78 is 18.5. The molecule has 2 heterocycles. The number of carbonyl (C=O) groups is 2. The van der Waals surface area contributed by atoms with Crippen LogP contribution in [0.1, 0.15) is 44.2 Å². The minimum Gasteiger partial charge on any atom is -0.468 e. The Morgan fingerprint density at radius 2 is 2.00 bits per heavy atom. The molecule has 2 fully saturated rings. The first kappa shape index (κ1) is 19.8. The number of amides is 1. The number of carbonyl (C=O) groups excluding carboxylic acids is 2. The zero-order chi connectivity index (χ0) is 19.6. The highest BCUT2D eigenvalue weighted by molar-refractivity contribution is 5.86. The van der Waals surface area contributed by atoms with Gasteiger partial charge in [-0.1, -0.05) is 19.1 Å². The summed E-state index contributed by atoms with van der Waals surface area (Å²) in [5.74, 6) is -1.29. The minimum absolute atomic E-state index is 0.130. The van der Waals surface area contributed by atoms with Gasteiger partial charge in [-0.05, 0) is 50.4 Å². The van der Waals surface area contributed by atoms with Crippen LogP contribution in [0.2, 0.25) is 0 Å². The SMILES string of the molecule is CC[C@@]1(C(=O)OC)C[C@H](C(=O)N2CCCCO2)[C@H](c2ccc(F)cc2)N1C. The van der Waals surface area contributed by atoms with E-state index in [4.69, 9.17) is 9.57 Å². The molecule has 0 N–H and O–H groups in total. The molecule has 148 valence electrons. The molecule has 2 aliphatic heterocycles. The van der Waals surface area contributed by atoms with Crippen molar-refractivity contribution in [3.63, 3.8) is 0 Å². The van der Waals surface area contributed by atoms with Crippen LogP contribution in [-0.4, -0.2) is 54.7 Å². The van der Waals surface area contributed by atoms with E-state index in [0.717, 1.165) is 18.4 Å². The average molecular weight is 378 g/mol. The molecule has 0 spiro atoms. The molecule has 0 aromatic heterocycles. The van der Waals surface area contributed by atoms with E-state index in [1.165, 1.54) is 24.3 Å². The monoisotopic (exact) mass is 378 g/mol. The van der Waals surface area contributed by atoms with Gasteiger partial charge < -0.3 is 4.74 Å². The van der Waals surface area contributed by atoms with Crippen LogP contribution in [0.25, 0.3) is 0 Å². The lowest BCUT2D eigenvalue weighted by Crippen LogP contribution is -2.49. The first-order chi connectivity index (χ1) is 12.9. The Kier molecular flexibility index (Phi) is 5.81. The fraction of sp³-hybridized carbons (Fsp3) is 0.600. The van der Waals surface area contributed by atoms with Crippen LogP contribution in [0.15, 0.2) is 24.3 Å². The number of hydroxylamine groups is 2. The summed E-state index contributed by atoms with van der Waals surface area (Å²) in [7, 11) is 3.20. The van der Waals surface area contributed by atoms with E-state index in [-0.39, 0.29) is 23.7 Å². The molecule has 2 aliphatic rings. The van der Waals surface area contributed by atoms with Gasteiger partial charge in [0.1, 0.15) is 11.4 Å². The van der Waals surface area contributed by atoms with Gasteiger partial charge >= 0.3 is 5.97 Å². The molecule has 1 amide bonds. The molecule has 2 saturated heterocycles. The lowest BCUT2D eigenvalue weighted by molar-refractivity contribution is -0.202. The summed E-state index contributed by atoms with van der Waals surface area (Å²) in [6.45, 7) is 2.98. The summed E-state index contributed by atoms with van der Waals surface area (Å²) in [6.07, 6.45) is 2.67. The zero-order valence-electron chi connectivity index (χ0n) is 16.1. The minimum atomic E-state index is -0.899. The van der Waals surface area contributed by atoms with E-state index < -0.39 is 11.5 Å².